The van der Waals surface area contributed by atoms with E-state index in [9.17, 15) is 14.8 Å². The number of carbonyl (C=O) groups excluding carboxylic acids is 2. The molecule has 0 radical (unpaired) electrons. The van der Waals surface area contributed by atoms with Crippen LogP contribution < -0.4 is 10.6 Å². The van der Waals surface area contributed by atoms with Gasteiger partial charge < -0.3 is 10.6 Å². The van der Waals surface area contributed by atoms with Gasteiger partial charge in [-0.05, 0) is 18.4 Å². The number of benzene rings is 1. The highest BCUT2D eigenvalue weighted by atomic mass is 17.1. The van der Waals surface area contributed by atoms with Gasteiger partial charge in [0.2, 0.25) is 0 Å². The summed E-state index contributed by atoms with van der Waals surface area (Å²) in [5.41, 5.74) is -1.26. The van der Waals surface area contributed by atoms with Gasteiger partial charge in [-0.15, -0.1) is 0 Å². The molecule has 0 heterocycles. The molecule has 1 aromatic rings. The zero-order valence-electron chi connectivity index (χ0n) is 13.1. The van der Waals surface area contributed by atoms with Crippen LogP contribution >= 0.6 is 0 Å². The highest BCUT2D eigenvalue weighted by molar-refractivity contribution is 6.08. The maximum Gasteiger partial charge on any atom is 0.265 e. The van der Waals surface area contributed by atoms with Gasteiger partial charge >= 0.3 is 0 Å². The molecule has 0 saturated carbocycles. The minimum atomic E-state index is -1.98. The molecule has 0 fully saturated rings. The molecule has 1 aromatic carbocycles. The van der Waals surface area contributed by atoms with Gasteiger partial charge in [0.25, 0.3) is 17.4 Å². The van der Waals surface area contributed by atoms with Crippen molar-refractivity contribution in [2.24, 2.45) is 0 Å². The van der Waals surface area contributed by atoms with Crippen LogP contribution in [0.15, 0.2) is 30.3 Å². The smallest absolute Gasteiger partial charge is 0.265 e. The van der Waals surface area contributed by atoms with E-state index in [1.54, 1.807) is 24.3 Å². The van der Waals surface area contributed by atoms with Crippen LogP contribution in [0.1, 0.15) is 32.3 Å². The van der Waals surface area contributed by atoms with Crippen molar-refractivity contribution >= 4 is 11.8 Å². The second-order valence-corrected chi connectivity index (χ2v) is 5.09. The van der Waals surface area contributed by atoms with Crippen LogP contribution in [-0.2, 0) is 20.9 Å². The van der Waals surface area contributed by atoms with Crippen LogP contribution in [0, 0.1) is 0 Å². The third kappa shape index (κ3) is 4.54. The quantitative estimate of drug-likeness (QED) is 0.366. The van der Waals surface area contributed by atoms with Crippen molar-refractivity contribution in [3.63, 3.8) is 0 Å². The fraction of sp³-hybridized carbons (Fsp3) is 0.500. The lowest BCUT2D eigenvalue weighted by Gasteiger charge is -2.28. The van der Waals surface area contributed by atoms with E-state index in [0.717, 1.165) is 18.4 Å². The Morgan fingerprint density at radius 2 is 1.55 bits per heavy atom. The van der Waals surface area contributed by atoms with Gasteiger partial charge in [-0.1, -0.05) is 44.2 Å². The van der Waals surface area contributed by atoms with Crippen LogP contribution in [-0.4, -0.2) is 35.8 Å². The van der Waals surface area contributed by atoms with Crippen LogP contribution in [0.5, 0.6) is 0 Å². The van der Waals surface area contributed by atoms with Crippen molar-refractivity contribution in [1.29, 1.82) is 0 Å². The molecule has 22 heavy (non-hydrogen) atoms. The topological polar surface area (TPSA) is 87.7 Å². The minimum absolute atomic E-state index is 0.0462. The van der Waals surface area contributed by atoms with E-state index in [0.29, 0.717) is 13.1 Å². The zero-order valence-corrected chi connectivity index (χ0v) is 13.1. The summed E-state index contributed by atoms with van der Waals surface area (Å²) < 4.78 is 0. The molecule has 6 nitrogen and oxygen atoms in total. The zero-order chi connectivity index (χ0) is 16.4. The molecule has 0 aliphatic heterocycles. The fourth-order valence-corrected chi connectivity index (χ4v) is 2.02. The molecule has 0 atom stereocenters. The number of amides is 2. The second kappa shape index (κ2) is 9.17. The number of hydrogen-bond acceptors (Lipinski definition) is 4. The third-order valence-corrected chi connectivity index (χ3v) is 3.26. The molecule has 0 bridgehead atoms. The van der Waals surface area contributed by atoms with Gasteiger partial charge in [-0.25, -0.2) is 4.89 Å². The normalized spacial score (nSPS) is 11.0. The first-order valence-electron chi connectivity index (χ1n) is 7.53. The van der Waals surface area contributed by atoms with E-state index in [2.05, 4.69) is 15.5 Å². The van der Waals surface area contributed by atoms with E-state index in [-0.39, 0.29) is 6.42 Å². The summed E-state index contributed by atoms with van der Waals surface area (Å²) in [6.45, 7) is 4.60. The Bertz CT molecular complexity index is 456. The molecule has 122 valence electrons. The summed E-state index contributed by atoms with van der Waals surface area (Å²) >= 11 is 0. The van der Waals surface area contributed by atoms with Crippen molar-refractivity contribution in [2.75, 3.05) is 13.1 Å². The van der Waals surface area contributed by atoms with Crippen molar-refractivity contribution in [3.05, 3.63) is 35.9 Å². The summed E-state index contributed by atoms with van der Waals surface area (Å²) in [6, 6.07) is 8.97. The van der Waals surface area contributed by atoms with Gasteiger partial charge in [0.05, 0.1) is 0 Å². The van der Waals surface area contributed by atoms with E-state index in [4.69, 9.17) is 0 Å². The van der Waals surface area contributed by atoms with Crippen molar-refractivity contribution in [3.8, 4) is 0 Å². The standard InChI is InChI=1S/C16H24N2O4/c1-3-10-17-14(19)16(22-21,15(20)18-11-4-2)12-13-8-6-5-7-9-13/h5-9,21H,3-4,10-12H2,1-2H3,(H,17,19)(H,18,20). The maximum absolute atomic E-state index is 12.4. The average molecular weight is 308 g/mol. The monoisotopic (exact) mass is 308 g/mol. The Morgan fingerprint density at radius 3 is 1.95 bits per heavy atom. The molecule has 1 rings (SSSR count). The first-order chi connectivity index (χ1) is 10.6. The maximum atomic E-state index is 12.4. The lowest BCUT2D eigenvalue weighted by molar-refractivity contribution is -0.301. The molecule has 0 aliphatic rings. The highest BCUT2D eigenvalue weighted by Gasteiger charge is 2.48. The summed E-state index contributed by atoms with van der Waals surface area (Å²) in [6.07, 6.45) is 1.39. The first kappa shape index (κ1) is 18.1. The van der Waals surface area contributed by atoms with E-state index >= 15 is 0 Å². The second-order valence-electron chi connectivity index (χ2n) is 5.09. The molecule has 0 unspecified atom stereocenters. The highest BCUT2D eigenvalue weighted by Crippen LogP contribution is 2.19. The van der Waals surface area contributed by atoms with Gasteiger partial charge in [-0.2, -0.15) is 0 Å². The average Bonchev–Trinajstić information content (AvgIpc) is 2.56. The summed E-state index contributed by atoms with van der Waals surface area (Å²) in [7, 11) is 0. The third-order valence-electron chi connectivity index (χ3n) is 3.26. The van der Waals surface area contributed by atoms with E-state index in [1.807, 2.05) is 19.9 Å². The summed E-state index contributed by atoms with van der Waals surface area (Å²) in [5, 5.41) is 14.6. The predicted octanol–water partition coefficient (Wildman–Crippen LogP) is 1.51. The van der Waals surface area contributed by atoms with E-state index in [1.165, 1.54) is 0 Å². The Morgan fingerprint density at radius 1 is 1.05 bits per heavy atom. The Labute approximate surface area is 130 Å². The molecule has 6 heteroatoms. The minimum Gasteiger partial charge on any atom is -0.353 e. The predicted molar refractivity (Wildman–Crippen MR) is 83.2 cm³/mol. The lowest BCUT2D eigenvalue weighted by Crippen LogP contribution is -2.60. The van der Waals surface area contributed by atoms with Crippen molar-refractivity contribution < 1.29 is 19.7 Å². The Hall–Kier alpha value is -1.92. The molecule has 0 aliphatic carbocycles. The number of rotatable bonds is 9. The van der Waals surface area contributed by atoms with Gasteiger partial charge in [-0.3, -0.25) is 14.8 Å². The van der Waals surface area contributed by atoms with Crippen LogP contribution in [0.25, 0.3) is 0 Å². The summed E-state index contributed by atoms with van der Waals surface area (Å²) in [4.78, 5) is 29.2. The van der Waals surface area contributed by atoms with Crippen molar-refractivity contribution in [2.45, 2.75) is 38.7 Å². The van der Waals surface area contributed by atoms with Gasteiger partial charge in [0.15, 0.2) is 0 Å². The van der Waals surface area contributed by atoms with Gasteiger partial charge in [0.1, 0.15) is 0 Å². The van der Waals surface area contributed by atoms with Crippen LogP contribution in [0.4, 0.5) is 0 Å². The summed E-state index contributed by atoms with van der Waals surface area (Å²) in [5.74, 6) is -1.29. The number of nitrogens with one attached hydrogen (secondary N) is 2. The molecule has 0 spiro atoms. The van der Waals surface area contributed by atoms with Crippen LogP contribution in [0.2, 0.25) is 0 Å². The first-order valence-corrected chi connectivity index (χ1v) is 7.53. The fourth-order valence-electron chi connectivity index (χ4n) is 2.02. The molecule has 0 aromatic heterocycles. The van der Waals surface area contributed by atoms with Crippen LogP contribution in [0.3, 0.4) is 0 Å². The number of hydrogen-bond donors (Lipinski definition) is 3. The van der Waals surface area contributed by atoms with Crippen molar-refractivity contribution in [1.82, 2.24) is 10.6 Å². The Kier molecular flexibility index (Phi) is 7.56. The molecule has 3 N–H and O–H groups in total. The van der Waals surface area contributed by atoms with E-state index < -0.39 is 17.4 Å². The molecule has 2 amide bonds. The number of carbonyl (C=O) groups is 2. The molecular formula is C16H24N2O4. The van der Waals surface area contributed by atoms with Gasteiger partial charge in [0, 0.05) is 19.5 Å². The molecule has 0 saturated heterocycles. The SMILES string of the molecule is CCCNC(=O)C(Cc1ccccc1)(OO)C(=O)NCCC. The lowest BCUT2D eigenvalue weighted by atomic mass is 9.92. The molecular weight excluding hydrogens is 284 g/mol. The Balaban J connectivity index is 3.04. The largest absolute Gasteiger partial charge is 0.353 e.